The molecule has 0 aromatic heterocycles. The van der Waals surface area contributed by atoms with Crippen molar-refractivity contribution in [3.8, 4) is 0 Å². The number of ether oxygens (including phenoxy) is 1. The lowest BCUT2D eigenvalue weighted by Crippen LogP contribution is -2.41. The smallest absolute Gasteiger partial charge is 0.455 e. The molecule has 0 fully saturated rings. The third kappa shape index (κ3) is 3.94. The monoisotopic (exact) mass is 272 g/mol. The Morgan fingerprint density at radius 3 is 1.89 bits per heavy atom. The van der Waals surface area contributed by atoms with Crippen LogP contribution < -0.4 is 0 Å². The predicted molar refractivity (Wildman–Crippen MR) is 50.9 cm³/mol. The number of carbonyl (C=O) groups excluding carboxylic acids is 2. The van der Waals surface area contributed by atoms with Gasteiger partial charge in [-0.05, 0) is 12.5 Å². The second-order valence-electron chi connectivity index (χ2n) is 3.37. The van der Waals surface area contributed by atoms with E-state index < -0.39 is 36.0 Å². The fraction of sp³-hybridized carbons (Fsp3) is 0.400. The van der Waals surface area contributed by atoms with Crippen molar-refractivity contribution in [2.24, 2.45) is 0 Å². The van der Waals surface area contributed by atoms with Crippen LogP contribution in [0.15, 0.2) is 24.3 Å². The van der Waals surface area contributed by atoms with Gasteiger partial charge in [-0.2, -0.15) is 22.0 Å². The van der Waals surface area contributed by atoms with Crippen LogP contribution in [0.2, 0.25) is 0 Å². The van der Waals surface area contributed by atoms with Crippen LogP contribution in [0.25, 0.3) is 0 Å². The summed E-state index contributed by atoms with van der Waals surface area (Å²) >= 11 is 0. The molecule has 0 saturated heterocycles. The second-order valence-corrected chi connectivity index (χ2v) is 3.37. The van der Waals surface area contributed by atoms with E-state index in [4.69, 9.17) is 0 Å². The van der Waals surface area contributed by atoms with Crippen molar-refractivity contribution in [2.45, 2.75) is 19.0 Å². The second kappa shape index (κ2) is 5.28. The van der Waals surface area contributed by atoms with E-state index in [1.54, 1.807) is 0 Å². The van der Waals surface area contributed by atoms with Crippen molar-refractivity contribution in [3.63, 3.8) is 0 Å². The molecule has 8 heteroatoms. The standard InChI is InChI=1S/C10H9F5O3/c1-5(2)7(16)6(3)8(17)18-4-9(11,12)10(13,14)15/h1,3-4H2,2H3. The van der Waals surface area contributed by atoms with Gasteiger partial charge in [0.15, 0.2) is 12.4 Å². The first-order valence-electron chi connectivity index (χ1n) is 4.41. The highest BCUT2D eigenvalue weighted by Crippen LogP contribution is 2.35. The van der Waals surface area contributed by atoms with E-state index in [0.29, 0.717) is 0 Å². The van der Waals surface area contributed by atoms with Crippen molar-refractivity contribution in [1.82, 2.24) is 0 Å². The average molecular weight is 272 g/mol. The Hall–Kier alpha value is -1.73. The summed E-state index contributed by atoms with van der Waals surface area (Å²) in [5.74, 6) is -7.81. The fourth-order valence-corrected chi connectivity index (χ4v) is 0.675. The topological polar surface area (TPSA) is 43.4 Å². The molecule has 0 aliphatic carbocycles. The van der Waals surface area contributed by atoms with Crippen molar-refractivity contribution in [2.75, 3.05) is 6.61 Å². The highest BCUT2D eigenvalue weighted by molar-refractivity contribution is 6.23. The number of hydrogen-bond donors (Lipinski definition) is 0. The van der Waals surface area contributed by atoms with Gasteiger partial charge < -0.3 is 4.74 Å². The summed E-state index contributed by atoms with van der Waals surface area (Å²) in [7, 11) is 0. The van der Waals surface area contributed by atoms with E-state index in [1.807, 2.05) is 0 Å². The van der Waals surface area contributed by atoms with Gasteiger partial charge in [0.1, 0.15) is 5.57 Å². The predicted octanol–water partition coefficient (Wildman–Crippen LogP) is 2.43. The minimum absolute atomic E-state index is 0.125. The average Bonchev–Trinajstić information content (AvgIpc) is 2.22. The molecule has 102 valence electrons. The minimum atomic E-state index is -5.84. The number of allylic oxidation sites excluding steroid dienone is 1. The lowest BCUT2D eigenvalue weighted by atomic mass is 10.1. The maximum absolute atomic E-state index is 12.4. The van der Waals surface area contributed by atoms with Gasteiger partial charge >= 0.3 is 18.1 Å². The number of ketones is 1. The van der Waals surface area contributed by atoms with Gasteiger partial charge in [-0.15, -0.1) is 0 Å². The molecule has 0 amide bonds. The van der Waals surface area contributed by atoms with E-state index in [2.05, 4.69) is 17.9 Å². The van der Waals surface area contributed by atoms with Crippen molar-refractivity contribution >= 4 is 11.8 Å². The Morgan fingerprint density at radius 2 is 1.56 bits per heavy atom. The fourth-order valence-electron chi connectivity index (χ4n) is 0.675. The maximum atomic E-state index is 12.4. The number of Topliss-reactive ketones (excluding diaryl/α,β-unsaturated/α-hetero) is 1. The summed E-state index contributed by atoms with van der Waals surface area (Å²) in [6, 6.07) is 0. The Morgan fingerprint density at radius 1 is 1.11 bits per heavy atom. The normalized spacial score (nSPS) is 11.9. The highest BCUT2D eigenvalue weighted by Gasteiger charge is 2.58. The summed E-state index contributed by atoms with van der Waals surface area (Å²) < 4.78 is 63.6. The van der Waals surface area contributed by atoms with Gasteiger partial charge in [-0.25, -0.2) is 4.79 Å². The van der Waals surface area contributed by atoms with Crippen LogP contribution in [0.3, 0.4) is 0 Å². The molecule has 0 saturated carbocycles. The van der Waals surface area contributed by atoms with E-state index in [0.717, 1.165) is 0 Å². The zero-order chi connectivity index (χ0) is 14.7. The van der Waals surface area contributed by atoms with E-state index in [1.165, 1.54) is 6.92 Å². The van der Waals surface area contributed by atoms with Crippen molar-refractivity contribution in [3.05, 3.63) is 24.3 Å². The molecule has 0 rings (SSSR count). The summed E-state index contributed by atoms with van der Waals surface area (Å²) in [5.41, 5.74) is -0.986. The molecule has 3 nitrogen and oxygen atoms in total. The van der Waals surface area contributed by atoms with E-state index >= 15 is 0 Å². The molecule has 0 aliphatic heterocycles. The summed E-state index contributed by atoms with van der Waals surface area (Å²) in [6.07, 6.45) is -5.84. The van der Waals surface area contributed by atoms with Gasteiger partial charge in [-0.3, -0.25) is 4.79 Å². The van der Waals surface area contributed by atoms with Crippen LogP contribution in [0.1, 0.15) is 6.92 Å². The molecule has 0 aliphatic rings. The number of hydrogen-bond acceptors (Lipinski definition) is 3. The van der Waals surface area contributed by atoms with Crippen LogP contribution in [-0.4, -0.2) is 30.5 Å². The van der Waals surface area contributed by atoms with Gasteiger partial charge in [-0.1, -0.05) is 13.2 Å². The Balaban J connectivity index is 4.59. The molecule has 0 atom stereocenters. The zero-order valence-corrected chi connectivity index (χ0v) is 9.24. The first kappa shape index (κ1) is 16.3. The SMILES string of the molecule is C=C(C)C(=O)C(=C)C(=O)OCC(F)(F)C(F)(F)F. The summed E-state index contributed by atoms with van der Waals surface area (Å²) in [4.78, 5) is 22.1. The molecule has 18 heavy (non-hydrogen) atoms. The molecular formula is C10H9F5O3. The zero-order valence-electron chi connectivity index (χ0n) is 9.24. The molecule has 0 radical (unpaired) electrons. The Bertz CT molecular complexity index is 395. The minimum Gasteiger partial charge on any atom is -0.455 e. The molecular weight excluding hydrogens is 263 g/mol. The molecule has 0 spiro atoms. The highest BCUT2D eigenvalue weighted by atomic mass is 19.4. The largest absolute Gasteiger partial charge is 0.456 e. The number of alkyl halides is 5. The Labute approximate surface area is 98.9 Å². The summed E-state index contributed by atoms with van der Waals surface area (Å²) in [6.45, 7) is 5.09. The molecule has 0 aromatic carbocycles. The Kier molecular flexibility index (Phi) is 4.77. The molecule has 0 heterocycles. The van der Waals surface area contributed by atoms with E-state index in [-0.39, 0.29) is 5.57 Å². The van der Waals surface area contributed by atoms with Crippen LogP contribution in [0.4, 0.5) is 22.0 Å². The first-order chi connectivity index (χ1) is 7.90. The lowest BCUT2D eigenvalue weighted by molar-refractivity contribution is -0.293. The van der Waals surface area contributed by atoms with Gasteiger partial charge in [0.25, 0.3) is 0 Å². The third-order valence-corrected chi connectivity index (χ3v) is 1.71. The van der Waals surface area contributed by atoms with E-state index in [9.17, 15) is 31.5 Å². The van der Waals surface area contributed by atoms with Gasteiger partial charge in [0.2, 0.25) is 0 Å². The first-order valence-corrected chi connectivity index (χ1v) is 4.41. The number of esters is 1. The van der Waals surface area contributed by atoms with Crippen molar-refractivity contribution in [1.29, 1.82) is 0 Å². The van der Waals surface area contributed by atoms with Gasteiger partial charge in [0, 0.05) is 0 Å². The third-order valence-electron chi connectivity index (χ3n) is 1.71. The van der Waals surface area contributed by atoms with Crippen LogP contribution in [-0.2, 0) is 14.3 Å². The molecule has 0 unspecified atom stereocenters. The summed E-state index contributed by atoms with van der Waals surface area (Å²) in [5, 5.41) is 0. The van der Waals surface area contributed by atoms with Crippen LogP contribution in [0, 0.1) is 0 Å². The lowest BCUT2D eigenvalue weighted by Gasteiger charge is -2.19. The number of halogens is 5. The molecule has 0 bridgehead atoms. The van der Waals surface area contributed by atoms with Gasteiger partial charge in [0.05, 0.1) is 0 Å². The molecule has 0 N–H and O–H groups in total. The van der Waals surface area contributed by atoms with Crippen LogP contribution >= 0.6 is 0 Å². The van der Waals surface area contributed by atoms with Crippen LogP contribution in [0.5, 0.6) is 0 Å². The van der Waals surface area contributed by atoms with Crippen molar-refractivity contribution < 1.29 is 36.3 Å². The number of carbonyl (C=O) groups is 2. The number of rotatable bonds is 5. The quantitative estimate of drug-likeness (QED) is 0.254. The maximum Gasteiger partial charge on any atom is 0.456 e. The molecule has 0 aromatic rings.